The van der Waals surface area contributed by atoms with E-state index >= 15 is 0 Å². The Kier molecular flexibility index (Phi) is 7.84. The van der Waals surface area contributed by atoms with Crippen LogP contribution in [0.15, 0.2) is 18.3 Å². The molecule has 3 heterocycles. The molecule has 0 spiro atoms. The van der Waals surface area contributed by atoms with Crippen LogP contribution in [0.25, 0.3) is 0 Å². The van der Waals surface area contributed by atoms with E-state index in [1.165, 1.54) is 24.1 Å². The third-order valence-corrected chi connectivity index (χ3v) is 6.25. The van der Waals surface area contributed by atoms with Crippen LogP contribution < -0.4 is 19.1 Å². The van der Waals surface area contributed by atoms with Gasteiger partial charge in [0.25, 0.3) is 0 Å². The van der Waals surface area contributed by atoms with Crippen LogP contribution in [0, 0.1) is 5.92 Å². The zero-order chi connectivity index (χ0) is 21.1. The largest absolute Gasteiger partial charge is 0.493 e. The second-order valence-corrected chi connectivity index (χ2v) is 8.27. The van der Waals surface area contributed by atoms with Crippen LogP contribution in [-0.2, 0) is 19.5 Å². The Hall–Kier alpha value is -2.25. The summed E-state index contributed by atoms with van der Waals surface area (Å²) in [4.78, 5) is 14.3. The molecule has 0 amide bonds. The molecule has 1 saturated heterocycles. The van der Waals surface area contributed by atoms with E-state index in [1.807, 2.05) is 18.3 Å². The summed E-state index contributed by atoms with van der Waals surface area (Å²) in [5.74, 6) is 3.75. The fraction of sp³-hybridized carbons (Fsp3) is 0.565. The molecule has 1 aromatic heterocycles. The molecule has 0 N–H and O–H groups in total. The van der Waals surface area contributed by atoms with Gasteiger partial charge < -0.3 is 19.1 Å². The van der Waals surface area contributed by atoms with Crippen molar-refractivity contribution in [1.82, 2.24) is 14.9 Å². The van der Waals surface area contributed by atoms with Gasteiger partial charge in [0.2, 0.25) is 11.7 Å². The number of rotatable bonds is 6. The molecule has 31 heavy (non-hydrogen) atoms. The molecule has 0 atom stereocenters. The Morgan fingerprint density at radius 1 is 1.00 bits per heavy atom. The first-order valence-electron chi connectivity index (χ1n) is 10.7. The number of hydrogen-bond donors (Lipinski definition) is 0. The van der Waals surface area contributed by atoms with E-state index in [0.29, 0.717) is 11.5 Å². The lowest BCUT2D eigenvalue weighted by atomic mass is 9.99. The molecular formula is C23H33ClN4O3. The van der Waals surface area contributed by atoms with Crippen molar-refractivity contribution in [2.24, 2.45) is 5.92 Å². The molecule has 1 fully saturated rings. The summed E-state index contributed by atoms with van der Waals surface area (Å²) < 4.78 is 16.6. The first kappa shape index (κ1) is 23.4. The molecule has 170 valence electrons. The summed E-state index contributed by atoms with van der Waals surface area (Å²) in [6.07, 6.45) is 5.40. The Labute approximate surface area is 191 Å². The molecule has 0 aliphatic carbocycles. The SMILES string of the molecule is COc1ccc(CN2CCc3nc(N4CCC(C)CC4)ncc3C2)c(OC)c1OC.Cl. The molecule has 2 aliphatic heterocycles. The average Bonchev–Trinajstić information content (AvgIpc) is 2.78. The van der Waals surface area contributed by atoms with Crippen molar-refractivity contribution in [2.45, 2.75) is 39.3 Å². The number of methoxy groups -OCH3 is 3. The van der Waals surface area contributed by atoms with Crippen LogP contribution in [0.5, 0.6) is 17.2 Å². The van der Waals surface area contributed by atoms with Crippen LogP contribution in [0.2, 0.25) is 0 Å². The van der Waals surface area contributed by atoms with Crippen molar-refractivity contribution in [3.63, 3.8) is 0 Å². The summed E-state index contributed by atoms with van der Waals surface area (Å²) in [7, 11) is 4.94. The Morgan fingerprint density at radius 3 is 2.42 bits per heavy atom. The van der Waals surface area contributed by atoms with Crippen LogP contribution in [0.3, 0.4) is 0 Å². The van der Waals surface area contributed by atoms with Crippen molar-refractivity contribution < 1.29 is 14.2 Å². The van der Waals surface area contributed by atoms with Crippen molar-refractivity contribution in [3.8, 4) is 17.2 Å². The van der Waals surface area contributed by atoms with Gasteiger partial charge in [0.1, 0.15) is 0 Å². The molecule has 0 unspecified atom stereocenters. The third kappa shape index (κ3) is 4.99. The van der Waals surface area contributed by atoms with Crippen molar-refractivity contribution in [3.05, 3.63) is 35.2 Å². The van der Waals surface area contributed by atoms with Crippen molar-refractivity contribution >= 4 is 18.4 Å². The molecule has 0 radical (unpaired) electrons. The maximum absolute atomic E-state index is 5.65. The highest BCUT2D eigenvalue weighted by atomic mass is 35.5. The number of ether oxygens (including phenoxy) is 3. The minimum absolute atomic E-state index is 0. The molecule has 7 nitrogen and oxygen atoms in total. The van der Waals surface area contributed by atoms with Gasteiger partial charge in [-0.3, -0.25) is 4.90 Å². The van der Waals surface area contributed by atoms with Gasteiger partial charge in [-0.25, -0.2) is 9.97 Å². The number of hydrogen-bond acceptors (Lipinski definition) is 7. The number of anilines is 1. The fourth-order valence-corrected chi connectivity index (χ4v) is 4.39. The average molecular weight is 449 g/mol. The highest BCUT2D eigenvalue weighted by Crippen LogP contribution is 2.40. The lowest BCUT2D eigenvalue weighted by Gasteiger charge is -2.32. The normalized spacial score (nSPS) is 17.0. The van der Waals surface area contributed by atoms with E-state index in [-0.39, 0.29) is 12.4 Å². The van der Waals surface area contributed by atoms with Crippen LogP contribution >= 0.6 is 12.4 Å². The number of halogens is 1. The first-order valence-corrected chi connectivity index (χ1v) is 10.7. The summed E-state index contributed by atoms with van der Waals surface area (Å²) in [5, 5.41) is 0. The van der Waals surface area contributed by atoms with Crippen LogP contribution in [0.4, 0.5) is 5.95 Å². The van der Waals surface area contributed by atoms with Gasteiger partial charge in [0, 0.05) is 56.5 Å². The number of nitrogens with zero attached hydrogens (tertiary/aromatic N) is 4. The standard InChI is InChI=1S/C23H32N4O3.ClH/c1-16-7-11-27(12-8-16)23-24-13-18-15-26(10-9-19(18)25-23)14-17-5-6-20(28-2)22(30-4)21(17)29-3;/h5-6,13,16H,7-12,14-15H2,1-4H3;1H. The lowest BCUT2D eigenvalue weighted by molar-refractivity contribution is 0.237. The second kappa shape index (κ2) is 10.4. The van der Waals surface area contributed by atoms with E-state index in [0.717, 1.165) is 62.3 Å². The molecule has 8 heteroatoms. The van der Waals surface area contributed by atoms with Gasteiger partial charge in [-0.05, 0) is 24.8 Å². The monoisotopic (exact) mass is 448 g/mol. The first-order chi connectivity index (χ1) is 14.6. The second-order valence-electron chi connectivity index (χ2n) is 8.27. The highest BCUT2D eigenvalue weighted by molar-refractivity contribution is 5.85. The predicted octanol–water partition coefficient (Wildman–Crippen LogP) is 3.72. The number of piperidine rings is 1. The minimum Gasteiger partial charge on any atom is -0.493 e. The summed E-state index contributed by atoms with van der Waals surface area (Å²) in [6.45, 7) is 7.01. The maximum Gasteiger partial charge on any atom is 0.225 e. The number of benzene rings is 1. The number of fused-ring (bicyclic) bond motifs is 1. The summed E-state index contributed by atoms with van der Waals surface area (Å²) >= 11 is 0. The molecule has 4 rings (SSSR count). The quantitative estimate of drug-likeness (QED) is 0.667. The fourth-order valence-electron chi connectivity index (χ4n) is 4.39. The predicted molar refractivity (Wildman–Crippen MR) is 124 cm³/mol. The Bertz CT molecular complexity index is 887. The van der Waals surface area contributed by atoms with Gasteiger partial charge >= 0.3 is 0 Å². The van der Waals surface area contributed by atoms with E-state index < -0.39 is 0 Å². The smallest absolute Gasteiger partial charge is 0.225 e. The lowest BCUT2D eigenvalue weighted by Crippen LogP contribution is -2.35. The van der Waals surface area contributed by atoms with E-state index in [9.17, 15) is 0 Å². The molecule has 0 bridgehead atoms. The topological polar surface area (TPSA) is 60.0 Å². The zero-order valence-electron chi connectivity index (χ0n) is 18.9. The van der Waals surface area contributed by atoms with Crippen molar-refractivity contribution in [1.29, 1.82) is 0 Å². The van der Waals surface area contributed by atoms with Crippen LogP contribution in [-0.4, -0.2) is 55.8 Å². The molecule has 2 aromatic rings. The van der Waals surface area contributed by atoms with Gasteiger partial charge in [0.05, 0.1) is 27.0 Å². The molecular weight excluding hydrogens is 416 g/mol. The number of aromatic nitrogens is 2. The van der Waals surface area contributed by atoms with Crippen LogP contribution in [0.1, 0.15) is 36.6 Å². The molecule has 2 aliphatic rings. The van der Waals surface area contributed by atoms with Crippen molar-refractivity contribution in [2.75, 3.05) is 45.9 Å². The van der Waals surface area contributed by atoms with E-state index in [1.54, 1.807) is 21.3 Å². The minimum atomic E-state index is 0. The van der Waals surface area contributed by atoms with E-state index in [2.05, 4.69) is 16.7 Å². The van der Waals surface area contributed by atoms with Gasteiger partial charge in [-0.1, -0.05) is 13.0 Å². The maximum atomic E-state index is 5.65. The van der Waals surface area contributed by atoms with Gasteiger partial charge in [-0.2, -0.15) is 0 Å². The Balaban J connectivity index is 0.00000272. The highest BCUT2D eigenvalue weighted by Gasteiger charge is 2.24. The third-order valence-electron chi connectivity index (χ3n) is 6.25. The van der Waals surface area contributed by atoms with Gasteiger partial charge in [-0.15, -0.1) is 12.4 Å². The summed E-state index contributed by atoms with van der Waals surface area (Å²) in [6, 6.07) is 3.98. The zero-order valence-corrected chi connectivity index (χ0v) is 19.7. The summed E-state index contributed by atoms with van der Waals surface area (Å²) in [5.41, 5.74) is 3.49. The Morgan fingerprint density at radius 2 is 1.74 bits per heavy atom. The molecule has 1 aromatic carbocycles. The van der Waals surface area contributed by atoms with Gasteiger partial charge in [0.15, 0.2) is 11.5 Å². The molecule has 0 saturated carbocycles. The van der Waals surface area contributed by atoms with E-state index in [4.69, 9.17) is 24.2 Å².